The van der Waals surface area contributed by atoms with Crippen molar-refractivity contribution in [3.63, 3.8) is 0 Å². The number of amides is 2. The molecule has 0 aliphatic carbocycles. The van der Waals surface area contributed by atoms with E-state index in [0.29, 0.717) is 55.8 Å². The van der Waals surface area contributed by atoms with Crippen LogP contribution in [-0.4, -0.2) is 63.8 Å². The highest BCUT2D eigenvalue weighted by atomic mass is 16.5. The molecule has 158 valence electrons. The molecule has 1 aromatic rings. The summed E-state index contributed by atoms with van der Waals surface area (Å²) in [6.07, 6.45) is 5.15. The zero-order valence-corrected chi connectivity index (χ0v) is 17.2. The van der Waals surface area contributed by atoms with Gasteiger partial charge in [-0.1, -0.05) is 5.57 Å². The van der Waals surface area contributed by atoms with Crippen LogP contribution in [0.5, 0.6) is 11.5 Å². The van der Waals surface area contributed by atoms with Crippen LogP contribution < -0.4 is 14.8 Å². The van der Waals surface area contributed by atoms with Gasteiger partial charge in [-0.15, -0.1) is 0 Å². The number of nitrogens with one attached hydrogen (secondary N) is 1. The highest BCUT2D eigenvalue weighted by Gasteiger charge is 2.24. The number of carbonyl (C=O) groups excluding carboxylic acids is 2. The Morgan fingerprint density at radius 2 is 1.83 bits per heavy atom. The van der Waals surface area contributed by atoms with E-state index in [2.05, 4.69) is 5.32 Å². The molecule has 2 aliphatic heterocycles. The number of nitrogens with zero attached hydrogens (tertiary/aromatic N) is 1. The van der Waals surface area contributed by atoms with E-state index in [-0.39, 0.29) is 11.8 Å². The summed E-state index contributed by atoms with van der Waals surface area (Å²) in [6.45, 7) is 3.42. The van der Waals surface area contributed by atoms with Crippen LogP contribution in [0.2, 0.25) is 0 Å². The number of carbonyl (C=O) groups is 2. The molecule has 2 heterocycles. The fraction of sp³-hybridized carbons (Fsp3) is 0.545. The van der Waals surface area contributed by atoms with Crippen LogP contribution in [-0.2, 0) is 9.53 Å². The van der Waals surface area contributed by atoms with E-state index in [1.165, 1.54) is 0 Å². The van der Waals surface area contributed by atoms with Crippen LogP contribution in [0, 0.1) is 5.92 Å². The summed E-state index contributed by atoms with van der Waals surface area (Å²) >= 11 is 0. The molecule has 1 aromatic carbocycles. The van der Waals surface area contributed by atoms with E-state index in [1.807, 2.05) is 4.90 Å². The lowest BCUT2D eigenvalue weighted by Crippen LogP contribution is -2.41. The van der Waals surface area contributed by atoms with Crippen LogP contribution in [0.4, 0.5) is 0 Å². The van der Waals surface area contributed by atoms with Gasteiger partial charge in [0.15, 0.2) is 11.5 Å². The SMILES string of the molecule is COc1ccc(C(=O)N2CCC(CNC(=O)C=C3CCOCC3)CC2)cc1OC. The zero-order chi connectivity index (χ0) is 20.6. The maximum Gasteiger partial charge on any atom is 0.253 e. The molecule has 0 atom stereocenters. The average Bonchev–Trinajstić information content (AvgIpc) is 2.77. The minimum absolute atomic E-state index is 0.00214. The summed E-state index contributed by atoms with van der Waals surface area (Å²) in [5.41, 5.74) is 1.75. The predicted octanol–water partition coefficient (Wildman–Crippen LogP) is 2.41. The van der Waals surface area contributed by atoms with Crippen molar-refractivity contribution < 1.29 is 23.8 Å². The highest BCUT2D eigenvalue weighted by molar-refractivity contribution is 5.95. The van der Waals surface area contributed by atoms with Crippen LogP contribution in [0.3, 0.4) is 0 Å². The second kappa shape index (κ2) is 10.3. The third-order valence-electron chi connectivity index (χ3n) is 5.57. The molecule has 2 aliphatic rings. The standard InChI is InChI=1S/C22H30N2O5/c1-27-19-4-3-18(14-20(19)28-2)22(26)24-9-5-17(6-10-24)15-23-21(25)13-16-7-11-29-12-8-16/h3-4,13-14,17H,5-12,15H2,1-2H3,(H,23,25). The van der Waals surface area contributed by atoms with Gasteiger partial charge in [0.25, 0.3) is 5.91 Å². The van der Waals surface area contributed by atoms with Crippen molar-refractivity contribution in [2.24, 2.45) is 5.92 Å². The lowest BCUT2D eigenvalue weighted by atomic mass is 9.96. The second-order valence-electron chi connectivity index (χ2n) is 7.47. The van der Waals surface area contributed by atoms with Gasteiger partial charge in [0.05, 0.1) is 27.4 Å². The maximum absolute atomic E-state index is 12.8. The molecule has 0 aromatic heterocycles. The Bertz CT molecular complexity index is 746. The minimum Gasteiger partial charge on any atom is -0.493 e. The van der Waals surface area contributed by atoms with Crippen molar-refractivity contribution in [1.82, 2.24) is 10.2 Å². The number of rotatable bonds is 6. The van der Waals surface area contributed by atoms with Gasteiger partial charge in [0, 0.05) is 31.3 Å². The number of hydrogen-bond acceptors (Lipinski definition) is 5. The quantitative estimate of drug-likeness (QED) is 0.740. The van der Waals surface area contributed by atoms with Gasteiger partial charge < -0.3 is 24.4 Å². The average molecular weight is 402 g/mol. The molecule has 1 N–H and O–H groups in total. The Kier molecular flexibility index (Phi) is 7.52. The molecule has 0 radical (unpaired) electrons. The molecule has 7 nitrogen and oxygen atoms in total. The first-order valence-corrected chi connectivity index (χ1v) is 10.2. The third kappa shape index (κ3) is 5.73. The Labute approximate surface area is 172 Å². The lowest BCUT2D eigenvalue weighted by molar-refractivity contribution is -0.116. The molecule has 2 saturated heterocycles. The Hall–Kier alpha value is -2.54. The predicted molar refractivity (Wildman–Crippen MR) is 109 cm³/mol. The molecule has 0 unspecified atom stereocenters. The van der Waals surface area contributed by atoms with E-state index in [9.17, 15) is 9.59 Å². The summed E-state index contributed by atoms with van der Waals surface area (Å²) in [5, 5.41) is 3.01. The van der Waals surface area contributed by atoms with Gasteiger partial charge in [0.2, 0.25) is 5.91 Å². The molecular formula is C22H30N2O5. The van der Waals surface area contributed by atoms with E-state index >= 15 is 0 Å². The van der Waals surface area contributed by atoms with Crippen molar-refractivity contribution in [3.05, 3.63) is 35.4 Å². The monoisotopic (exact) mass is 402 g/mol. The molecule has 3 rings (SSSR count). The van der Waals surface area contributed by atoms with Gasteiger partial charge in [-0.25, -0.2) is 0 Å². The van der Waals surface area contributed by atoms with Crippen molar-refractivity contribution in [2.45, 2.75) is 25.7 Å². The molecule has 0 saturated carbocycles. The topological polar surface area (TPSA) is 77.1 Å². The van der Waals surface area contributed by atoms with Gasteiger partial charge in [-0.3, -0.25) is 9.59 Å². The first kappa shape index (κ1) is 21.2. The summed E-state index contributed by atoms with van der Waals surface area (Å²) in [5.74, 6) is 1.52. The van der Waals surface area contributed by atoms with Crippen LogP contribution in [0.25, 0.3) is 0 Å². The van der Waals surface area contributed by atoms with Crippen molar-refractivity contribution in [3.8, 4) is 11.5 Å². The largest absolute Gasteiger partial charge is 0.493 e. The number of hydrogen-bond donors (Lipinski definition) is 1. The number of benzene rings is 1. The number of likely N-dealkylation sites (tertiary alicyclic amines) is 1. The fourth-order valence-corrected chi connectivity index (χ4v) is 3.75. The molecule has 2 amide bonds. The smallest absolute Gasteiger partial charge is 0.253 e. The fourth-order valence-electron chi connectivity index (χ4n) is 3.75. The normalized spacial score (nSPS) is 17.6. The third-order valence-corrected chi connectivity index (χ3v) is 5.57. The molecule has 0 spiro atoms. The van der Waals surface area contributed by atoms with Crippen LogP contribution >= 0.6 is 0 Å². The Balaban J connectivity index is 1.46. The first-order valence-electron chi connectivity index (χ1n) is 10.2. The van der Waals surface area contributed by atoms with Gasteiger partial charge >= 0.3 is 0 Å². The summed E-state index contributed by atoms with van der Waals surface area (Å²) in [7, 11) is 3.13. The van der Waals surface area contributed by atoms with Crippen LogP contribution in [0.15, 0.2) is 29.8 Å². The first-order chi connectivity index (χ1) is 14.1. The summed E-state index contributed by atoms with van der Waals surface area (Å²) in [6, 6.07) is 5.23. The lowest BCUT2D eigenvalue weighted by Gasteiger charge is -2.32. The highest BCUT2D eigenvalue weighted by Crippen LogP contribution is 2.28. The van der Waals surface area contributed by atoms with E-state index in [0.717, 1.165) is 31.3 Å². The molecule has 7 heteroatoms. The van der Waals surface area contributed by atoms with Crippen molar-refractivity contribution >= 4 is 11.8 Å². The van der Waals surface area contributed by atoms with E-state index in [4.69, 9.17) is 14.2 Å². The van der Waals surface area contributed by atoms with Gasteiger partial charge in [-0.05, 0) is 49.8 Å². The second-order valence-corrected chi connectivity index (χ2v) is 7.47. The number of methoxy groups -OCH3 is 2. The van der Waals surface area contributed by atoms with Crippen molar-refractivity contribution in [2.75, 3.05) is 47.1 Å². The zero-order valence-electron chi connectivity index (χ0n) is 17.2. The molecule has 29 heavy (non-hydrogen) atoms. The number of piperidine rings is 1. The molecule has 0 bridgehead atoms. The van der Waals surface area contributed by atoms with Gasteiger partial charge in [0.1, 0.15) is 0 Å². The van der Waals surface area contributed by atoms with Crippen LogP contribution in [0.1, 0.15) is 36.0 Å². The summed E-state index contributed by atoms with van der Waals surface area (Å²) < 4.78 is 15.8. The number of ether oxygens (including phenoxy) is 3. The molecular weight excluding hydrogens is 372 g/mol. The summed E-state index contributed by atoms with van der Waals surface area (Å²) in [4.78, 5) is 26.8. The van der Waals surface area contributed by atoms with Crippen molar-refractivity contribution in [1.29, 1.82) is 0 Å². The molecule has 2 fully saturated rings. The Morgan fingerprint density at radius 1 is 1.14 bits per heavy atom. The maximum atomic E-state index is 12.8. The Morgan fingerprint density at radius 3 is 2.48 bits per heavy atom. The van der Waals surface area contributed by atoms with E-state index < -0.39 is 0 Å². The minimum atomic E-state index is -0.0225. The van der Waals surface area contributed by atoms with E-state index in [1.54, 1.807) is 38.5 Å². The van der Waals surface area contributed by atoms with Gasteiger partial charge in [-0.2, -0.15) is 0 Å².